The van der Waals surface area contributed by atoms with Crippen LogP contribution in [-0.2, 0) is 16.9 Å². The molecule has 1 aromatic carbocycles. The molecule has 0 bridgehead atoms. The number of nitrogens with zero attached hydrogens (tertiary/aromatic N) is 4. The van der Waals surface area contributed by atoms with Crippen LogP contribution in [0.1, 0.15) is 19.4 Å². The second kappa shape index (κ2) is 7.09. The number of amides is 1. The van der Waals surface area contributed by atoms with Gasteiger partial charge in [0.1, 0.15) is 16.4 Å². The van der Waals surface area contributed by atoms with Crippen LogP contribution >= 0.6 is 23.2 Å². The molecule has 0 aliphatic heterocycles. The van der Waals surface area contributed by atoms with Gasteiger partial charge < -0.3 is 5.32 Å². The molecule has 9 heteroatoms. The SMILES string of the molecule is CC(C)(C(=O)Nc1nn(Cc2ccccc2F)cc1Cl)n1cc(Cl)cn1. The summed E-state index contributed by atoms with van der Waals surface area (Å²) in [6.07, 6.45) is 4.54. The average Bonchev–Trinajstić information content (AvgIpc) is 3.16. The Labute approximate surface area is 159 Å². The maximum atomic E-state index is 13.8. The van der Waals surface area contributed by atoms with Crippen LogP contribution in [0.3, 0.4) is 0 Å². The van der Waals surface area contributed by atoms with E-state index in [1.165, 1.54) is 27.8 Å². The standard InChI is InChI=1S/C17H16Cl2FN5O/c1-17(2,25-9-12(18)7-21-25)16(26)22-15-13(19)10-24(23-15)8-11-5-3-4-6-14(11)20/h3-7,9-10H,8H2,1-2H3,(H,22,23,26). The lowest BCUT2D eigenvalue weighted by molar-refractivity contribution is -0.123. The molecule has 2 aromatic heterocycles. The largest absolute Gasteiger partial charge is 0.306 e. The summed E-state index contributed by atoms with van der Waals surface area (Å²) in [4.78, 5) is 12.6. The third kappa shape index (κ3) is 3.73. The molecule has 2 heterocycles. The van der Waals surface area contributed by atoms with Crippen molar-refractivity contribution < 1.29 is 9.18 Å². The molecule has 3 aromatic rings. The number of carbonyl (C=O) groups is 1. The summed E-state index contributed by atoms with van der Waals surface area (Å²) >= 11 is 12.0. The first kappa shape index (κ1) is 18.4. The number of rotatable bonds is 5. The Balaban J connectivity index is 1.77. The van der Waals surface area contributed by atoms with Gasteiger partial charge >= 0.3 is 0 Å². The number of carbonyl (C=O) groups excluding carboxylic acids is 1. The molecular weight excluding hydrogens is 380 g/mol. The Bertz CT molecular complexity index is 950. The molecule has 26 heavy (non-hydrogen) atoms. The van der Waals surface area contributed by atoms with Gasteiger partial charge in [0, 0.05) is 18.0 Å². The Morgan fingerprint density at radius 2 is 2.00 bits per heavy atom. The van der Waals surface area contributed by atoms with Crippen molar-refractivity contribution in [2.24, 2.45) is 0 Å². The van der Waals surface area contributed by atoms with E-state index >= 15 is 0 Å². The molecule has 0 saturated carbocycles. The third-order valence-electron chi connectivity index (χ3n) is 3.92. The highest BCUT2D eigenvalue weighted by Crippen LogP contribution is 2.24. The van der Waals surface area contributed by atoms with Crippen molar-refractivity contribution in [3.63, 3.8) is 0 Å². The summed E-state index contributed by atoms with van der Waals surface area (Å²) in [5.74, 6) is -0.504. The van der Waals surface area contributed by atoms with Crippen molar-refractivity contribution in [3.05, 3.63) is 64.3 Å². The Morgan fingerprint density at radius 1 is 1.27 bits per heavy atom. The minimum absolute atomic E-state index is 0.194. The summed E-state index contributed by atoms with van der Waals surface area (Å²) < 4.78 is 16.7. The van der Waals surface area contributed by atoms with E-state index in [-0.39, 0.29) is 29.1 Å². The first-order chi connectivity index (χ1) is 12.3. The lowest BCUT2D eigenvalue weighted by Gasteiger charge is -2.23. The number of hydrogen-bond donors (Lipinski definition) is 1. The molecule has 6 nitrogen and oxygen atoms in total. The first-order valence-electron chi connectivity index (χ1n) is 7.76. The monoisotopic (exact) mass is 395 g/mol. The first-order valence-corrected chi connectivity index (χ1v) is 8.51. The van der Waals surface area contributed by atoms with Gasteiger partial charge in [-0.1, -0.05) is 41.4 Å². The van der Waals surface area contributed by atoms with Crippen molar-refractivity contribution in [1.82, 2.24) is 19.6 Å². The van der Waals surface area contributed by atoms with Crippen molar-refractivity contribution in [2.75, 3.05) is 5.32 Å². The zero-order chi connectivity index (χ0) is 18.9. The van der Waals surface area contributed by atoms with Crippen LogP contribution in [0.25, 0.3) is 0 Å². The van der Waals surface area contributed by atoms with Gasteiger partial charge in [0.25, 0.3) is 5.91 Å². The molecule has 0 aliphatic rings. The highest BCUT2D eigenvalue weighted by atomic mass is 35.5. The zero-order valence-corrected chi connectivity index (χ0v) is 15.6. The smallest absolute Gasteiger partial charge is 0.253 e. The van der Waals surface area contributed by atoms with Gasteiger partial charge in [0.2, 0.25) is 0 Å². The highest BCUT2D eigenvalue weighted by Gasteiger charge is 2.31. The van der Waals surface area contributed by atoms with Crippen molar-refractivity contribution in [3.8, 4) is 0 Å². The number of hydrogen-bond acceptors (Lipinski definition) is 3. The van der Waals surface area contributed by atoms with E-state index in [9.17, 15) is 9.18 Å². The molecule has 0 fully saturated rings. The molecule has 0 unspecified atom stereocenters. The molecule has 0 spiro atoms. The quantitative estimate of drug-likeness (QED) is 0.711. The van der Waals surface area contributed by atoms with E-state index in [2.05, 4.69) is 15.5 Å². The van der Waals surface area contributed by atoms with Crippen LogP contribution in [0.5, 0.6) is 0 Å². The normalized spacial score (nSPS) is 11.6. The van der Waals surface area contributed by atoms with E-state index < -0.39 is 5.54 Å². The number of nitrogens with one attached hydrogen (secondary N) is 1. The fraction of sp³-hybridized carbons (Fsp3) is 0.235. The third-order valence-corrected chi connectivity index (χ3v) is 4.39. The molecule has 136 valence electrons. The molecular formula is C17H16Cl2FN5O. The number of benzene rings is 1. The van der Waals surface area contributed by atoms with Gasteiger partial charge in [0.15, 0.2) is 5.82 Å². The molecule has 0 radical (unpaired) electrons. The summed E-state index contributed by atoms with van der Waals surface area (Å²) in [6, 6.07) is 6.39. The summed E-state index contributed by atoms with van der Waals surface area (Å²) in [5, 5.41) is 11.7. The van der Waals surface area contributed by atoms with E-state index in [1.807, 2.05) is 0 Å². The summed E-state index contributed by atoms with van der Waals surface area (Å²) in [6.45, 7) is 3.58. The fourth-order valence-corrected chi connectivity index (χ4v) is 2.67. The van der Waals surface area contributed by atoms with Crippen molar-refractivity contribution in [1.29, 1.82) is 0 Å². The number of anilines is 1. The van der Waals surface area contributed by atoms with Crippen molar-refractivity contribution >= 4 is 34.9 Å². The predicted octanol–water partition coefficient (Wildman–Crippen LogP) is 3.95. The topological polar surface area (TPSA) is 64.7 Å². The van der Waals surface area contributed by atoms with Gasteiger partial charge in [-0.15, -0.1) is 0 Å². The lowest BCUT2D eigenvalue weighted by Crippen LogP contribution is -2.40. The van der Waals surface area contributed by atoms with E-state index in [0.717, 1.165) is 0 Å². The molecule has 0 atom stereocenters. The van der Waals surface area contributed by atoms with Crippen molar-refractivity contribution in [2.45, 2.75) is 25.9 Å². The second-order valence-electron chi connectivity index (χ2n) is 6.23. The Kier molecular flexibility index (Phi) is 5.02. The molecule has 1 amide bonds. The average molecular weight is 396 g/mol. The van der Waals surface area contributed by atoms with Gasteiger partial charge in [-0.3, -0.25) is 14.2 Å². The van der Waals surface area contributed by atoms with Crippen LogP contribution in [0.4, 0.5) is 10.2 Å². The van der Waals surface area contributed by atoms with Crippen LogP contribution in [0.2, 0.25) is 10.0 Å². The minimum Gasteiger partial charge on any atom is -0.306 e. The number of halogens is 3. The van der Waals surface area contributed by atoms with Crippen LogP contribution < -0.4 is 5.32 Å². The summed E-state index contributed by atoms with van der Waals surface area (Å²) in [5.41, 5.74) is -0.540. The maximum absolute atomic E-state index is 13.8. The van der Waals surface area contributed by atoms with Crippen LogP contribution in [0.15, 0.2) is 42.9 Å². The Hall–Kier alpha value is -2.38. The molecule has 0 aliphatic carbocycles. The van der Waals surface area contributed by atoms with Gasteiger partial charge in [-0.05, 0) is 19.9 Å². The van der Waals surface area contributed by atoms with Gasteiger partial charge in [-0.25, -0.2) is 4.39 Å². The Morgan fingerprint density at radius 3 is 2.65 bits per heavy atom. The minimum atomic E-state index is -1.01. The van der Waals surface area contributed by atoms with E-state index in [1.54, 1.807) is 38.2 Å². The fourth-order valence-electron chi connectivity index (χ4n) is 2.33. The van der Waals surface area contributed by atoms with Gasteiger partial charge in [0.05, 0.1) is 17.8 Å². The van der Waals surface area contributed by atoms with E-state index in [4.69, 9.17) is 23.2 Å². The molecule has 3 rings (SSSR count). The molecule has 1 N–H and O–H groups in total. The zero-order valence-electron chi connectivity index (χ0n) is 14.1. The van der Waals surface area contributed by atoms with E-state index in [0.29, 0.717) is 10.6 Å². The highest BCUT2D eigenvalue weighted by molar-refractivity contribution is 6.33. The van der Waals surface area contributed by atoms with Crippen LogP contribution in [0, 0.1) is 5.82 Å². The molecule has 0 saturated heterocycles. The van der Waals surface area contributed by atoms with Crippen LogP contribution in [-0.4, -0.2) is 25.5 Å². The summed E-state index contributed by atoms with van der Waals surface area (Å²) in [7, 11) is 0. The number of aromatic nitrogens is 4. The predicted molar refractivity (Wildman–Crippen MR) is 97.9 cm³/mol. The maximum Gasteiger partial charge on any atom is 0.253 e. The van der Waals surface area contributed by atoms with Gasteiger partial charge in [-0.2, -0.15) is 10.2 Å². The second-order valence-corrected chi connectivity index (χ2v) is 7.07. The lowest BCUT2D eigenvalue weighted by atomic mass is 10.1.